The molecule has 4 nitrogen and oxygen atoms in total. The van der Waals surface area contributed by atoms with Gasteiger partial charge >= 0.3 is 5.97 Å². The van der Waals surface area contributed by atoms with E-state index in [4.69, 9.17) is 28.3 Å². The highest BCUT2D eigenvalue weighted by Gasteiger charge is 2.14. The zero-order chi connectivity index (χ0) is 14.7. The Bertz CT molecular complexity index is 669. The average molecular weight is 330 g/mol. The Morgan fingerprint density at radius 3 is 2.60 bits per heavy atom. The van der Waals surface area contributed by atoms with Crippen molar-refractivity contribution in [1.82, 2.24) is 5.32 Å². The van der Waals surface area contributed by atoms with Crippen LogP contribution in [0.1, 0.15) is 26.3 Å². The van der Waals surface area contributed by atoms with Crippen LogP contribution in [0.4, 0.5) is 0 Å². The number of amides is 1. The normalized spacial score (nSPS) is 10.3. The molecule has 0 aliphatic rings. The lowest BCUT2D eigenvalue weighted by Gasteiger charge is -2.05. The molecule has 1 heterocycles. The zero-order valence-electron chi connectivity index (χ0n) is 10.0. The van der Waals surface area contributed by atoms with Gasteiger partial charge in [0.05, 0.1) is 15.5 Å². The van der Waals surface area contributed by atoms with Crippen LogP contribution in [-0.4, -0.2) is 17.0 Å². The molecule has 0 saturated heterocycles. The number of carbonyl (C=O) groups excluding carboxylic acids is 1. The van der Waals surface area contributed by atoms with E-state index in [0.29, 0.717) is 19.8 Å². The van der Waals surface area contributed by atoms with Crippen molar-refractivity contribution in [2.24, 2.45) is 0 Å². The first-order valence-corrected chi connectivity index (χ1v) is 7.10. The summed E-state index contributed by atoms with van der Waals surface area (Å²) in [5, 5.41) is 11.6. The number of halogens is 2. The van der Waals surface area contributed by atoms with E-state index in [2.05, 4.69) is 5.32 Å². The summed E-state index contributed by atoms with van der Waals surface area (Å²) in [5.74, 6) is -1.36. The number of carbonyl (C=O) groups is 2. The third kappa shape index (κ3) is 3.50. The summed E-state index contributed by atoms with van der Waals surface area (Å²) in [5.41, 5.74) is 1.18. The second kappa shape index (κ2) is 6.26. The fourth-order valence-electron chi connectivity index (χ4n) is 1.59. The number of benzene rings is 1. The van der Waals surface area contributed by atoms with E-state index in [1.807, 2.05) is 0 Å². The Labute approximate surface area is 128 Å². The zero-order valence-corrected chi connectivity index (χ0v) is 12.4. The monoisotopic (exact) mass is 329 g/mol. The SMILES string of the molecule is O=C(O)c1cccc(CNC(=O)c2cc(Cl)sc2Cl)c1. The highest BCUT2D eigenvalue weighted by atomic mass is 35.5. The average Bonchev–Trinajstić information content (AvgIpc) is 2.75. The third-order valence-electron chi connectivity index (χ3n) is 2.53. The Morgan fingerprint density at radius 1 is 1.25 bits per heavy atom. The minimum absolute atomic E-state index is 0.174. The van der Waals surface area contributed by atoms with Crippen LogP contribution in [0.5, 0.6) is 0 Å². The van der Waals surface area contributed by atoms with Crippen molar-refractivity contribution in [1.29, 1.82) is 0 Å². The summed E-state index contributed by atoms with van der Waals surface area (Å²) in [7, 11) is 0. The molecule has 2 N–H and O–H groups in total. The molecule has 1 amide bonds. The second-order valence-electron chi connectivity index (χ2n) is 3.93. The molecule has 104 valence electrons. The van der Waals surface area contributed by atoms with Gasteiger partial charge in [0.15, 0.2) is 0 Å². The van der Waals surface area contributed by atoms with Crippen molar-refractivity contribution in [2.75, 3.05) is 0 Å². The van der Waals surface area contributed by atoms with Gasteiger partial charge in [0.1, 0.15) is 4.34 Å². The van der Waals surface area contributed by atoms with Gasteiger partial charge in [-0.25, -0.2) is 4.79 Å². The van der Waals surface area contributed by atoms with Crippen molar-refractivity contribution in [3.63, 3.8) is 0 Å². The second-order valence-corrected chi connectivity index (χ2v) is 6.21. The van der Waals surface area contributed by atoms with Crippen LogP contribution in [0.15, 0.2) is 30.3 Å². The van der Waals surface area contributed by atoms with E-state index < -0.39 is 5.97 Å². The smallest absolute Gasteiger partial charge is 0.335 e. The molecule has 0 fully saturated rings. The van der Waals surface area contributed by atoms with E-state index in [1.54, 1.807) is 12.1 Å². The van der Waals surface area contributed by atoms with Crippen LogP contribution in [0.2, 0.25) is 8.67 Å². The van der Waals surface area contributed by atoms with Gasteiger partial charge < -0.3 is 10.4 Å². The summed E-state index contributed by atoms with van der Waals surface area (Å²) in [4.78, 5) is 22.7. The van der Waals surface area contributed by atoms with Gasteiger partial charge in [0.2, 0.25) is 0 Å². The minimum atomic E-state index is -1.01. The molecule has 0 atom stereocenters. The summed E-state index contributed by atoms with van der Waals surface area (Å²) < 4.78 is 0.764. The Morgan fingerprint density at radius 2 is 2.00 bits per heavy atom. The largest absolute Gasteiger partial charge is 0.478 e. The summed E-state index contributed by atoms with van der Waals surface area (Å²) in [6, 6.07) is 7.85. The molecule has 0 radical (unpaired) electrons. The van der Waals surface area contributed by atoms with E-state index in [-0.39, 0.29) is 18.0 Å². The van der Waals surface area contributed by atoms with Crippen LogP contribution in [0.25, 0.3) is 0 Å². The van der Waals surface area contributed by atoms with E-state index >= 15 is 0 Å². The minimum Gasteiger partial charge on any atom is -0.478 e. The molecule has 2 rings (SSSR count). The fraction of sp³-hybridized carbons (Fsp3) is 0.0769. The van der Waals surface area contributed by atoms with Crippen LogP contribution in [0.3, 0.4) is 0 Å². The molecule has 2 aromatic rings. The van der Waals surface area contributed by atoms with Crippen LogP contribution in [-0.2, 0) is 6.54 Å². The van der Waals surface area contributed by atoms with Gasteiger partial charge in [0, 0.05) is 6.54 Å². The first kappa shape index (κ1) is 14.8. The standard InChI is InChI=1S/C13H9Cl2NO3S/c14-10-5-9(11(15)20-10)12(17)16-6-7-2-1-3-8(4-7)13(18)19/h1-5H,6H2,(H,16,17)(H,18,19). The number of nitrogens with one attached hydrogen (secondary N) is 1. The number of rotatable bonds is 4. The lowest BCUT2D eigenvalue weighted by molar-refractivity contribution is 0.0696. The fourth-order valence-corrected chi connectivity index (χ4v) is 3.05. The van der Waals surface area contributed by atoms with E-state index in [1.165, 1.54) is 18.2 Å². The highest BCUT2D eigenvalue weighted by Crippen LogP contribution is 2.30. The number of aromatic carboxylic acids is 1. The molecular formula is C13H9Cl2NO3S. The van der Waals surface area contributed by atoms with Crippen molar-refractivity contribution >= 4 is 46.4 Å². The first-order chi connectivity index (χ1) is 9.47. The highest BCUT2D eigenvalue weighted by molar-refractivity contribution is 7.20. The van der Waals surface area contributed by atoms with Crippen LogP contribution >= 0.6 is 34.5 Å². The third-order valence-corrected chi connectivity index (χ3v) is 4.02. The van der Waals surface area contributed by atoms with Gasteiger partial charge in [-0.15, -0.1) is 11.3 Å². The van der Waals surface area contributed by atoms with Crippen molar-refractivity contribution in [3.05, 3.63) is 55.7 Å². The van der Waals surface area contributed by atoms with E-state index in [0.717, 1.165) is 11.3 Å². The maximum absolute atomic E-state index is 11.9. The van der Waals surface area contributed by atoms with Gasteiger partial charge in [0.25, 0.3) is 5.91 Å². The lowest BCUT2D eigenvalue weighted by Crippen LogP contribution is -2.22. The number of thiophene rings is 1. The molecular weight excluding hydrogens is 321 g/mol. The van der Waals surface area contributed by atoms with Crippen molar-refractivity contribution < 1.29 is 14.7 Å². The molecule has 0 saturated carbocycles. The predicted octanol–water partition coefficient (Wildman–Crippen LogP) is 3.68. The molecule has 20 heavy (non-hydrogen) atoms. The van der Waals surface area contributed by atoms with Gasteiger partial charge in [-0.3, -0.25) is 4.79 Å². The molecule has 0 aliphatic carbocycles. The molecule has 0 unspecified atom stereocenters. The molecule has 0 bridgehead atoms. The lowest BCUT2D eigenvalue weighted by atomic mass is 10.1. The summed E-state index contributed by atoms with van der Waals surface area (Å²) in [6.07, 6.45) is 0. The first-order valence-electron chi connectivity index (χ1n) is 5.52. The molecule has 0 spiro atoms. The van der Waals surface area contributed by atoms with Crippen LogP contribution < -0.4 is 5.32 Å². The number of carboxylic acid groups (broad SMARTS) is 1. The Hall–Kier alpha value is -1.56. The van der Waals surface area contributed by atoms with Gasteiger partial charge in [-0.2, -0.15) is 0 Å². The summed E-state index contributed by atoms with van der Waals surface area (Å²) >= 11 is 12.8. The van der Waals surface area contributed by atoms with Gasteiger partial charge in [-0.05, 0) is 23.8 Å². The van der Waals surface area contributed by atoms with Crippen molar-refractivity contribution in [2.45, 2.75) is 6.54 Å². The number of hydrogen-bond acceptors (Lipinski definition) is 3. The molecule has 1 aromatic heterocycles. The number of carboxylic acids is 1. The van der Waals surface area contributed by atoms with Crippen molar-refractivity contribution in [3.8, 4) is 0 Å². The number of hydrogen-bond donors (Lipinski definition) is 2. The molecule has 7 heteroatoms. The topological polar surface area (TPSA) is 66.4 Å². The summed E-state index contributed by atoms with van der Waals surface area (Å²) in [6.45, 7) is 0.212. The Balaban J connectivity index is 2.05. The van der Waals surface area contributed by atoms with Gasteiger partial charge in [-0.1, -0.05) is 35.3 Å². The molecule has 1 aromatic carbocycles. The maximum atomic E-state index is 11.9. The van der Waals surface area contributed by atoms with Crippen LogP contribution in [0, 0.1) is 0 Å². The van der Waals surface area contributed by atoms with E-state index in [9.17, 15) is 9.59 Å². The quantitative estimate of drug-likeness (QED) is 0.899. The maximum Gasteiger partial charge on any atom is 0.335 e. The predicted molar refractivity (Wildman–Crippen MR) is 78.9 cm³/mol. The molecule has 0 aliphatic heterocycles. The Kier molecular flexibility index (Phi) is 4.65.